The van der Waals surface area contributed by atoms with Crippen LogP contribution in [0.15, 0.2) is 43.5 Å². The normalized spacial score (nSPS) is 9.12. The third kappa shape index (κ3) is 3.42. The Balaban J connectivity index is 0.00000225. The van der Waals surface area contributed by atoms with Crippen LogP contribution in [0, 0.1) is 13.8 Å². The van der Waals surface area contributed by atoms with Crippen molar-refractivity contribution in [1.29, 1.82) is 0 Å². The molecule has 88 valence electrons. The molecule has 0 aliphatic rings. The first-order chi connectivity index (χ1) is 7.20. The molecule has 1 nitrogen and oxygen atoms in total. The summed E-state index contributed by atoms with van der Waals surface area (Å²) < 4.78 is 0. The molecule has 1 aromatic rings. The molecule has 1 aromatic carbocycles. The summed E-state index contributed by atoms with van der Waals surface area (Å²) in [6.45, 7) is 13.6. The van der Waals surface area contributed by atoms with Crippen molar-refractivity contribution in [3.63, 3.8) is 0 Å². The molecule has 0 atom stereocenters. The van der Waals surface area contributed by atoms with Gasteiger partial charge in [-0.05, 0) is 31.0 Å². The van der Waals surface area contributed by atoms with E-state index < -0.39 is 0 Å². The summed E-state index contributed by atoms with van der Waals surface area (Å²) in [7, 11) is 0. The molecule has 0 saturated carbocycles. The minimum atomic E-state index is 0. The highest BCUT2D eigenvalue weighted by Crippen LogP contribution is 2.22. The van der Waals surface area contributed by atoms with Crippen LogP contribution >= 0.6 is 12.4 Å². The van der Waals surface area contributed by atoms with Gasteiger partial charge in [0.25, 0.3) is 0 Å². The fraction of sp³-hybridized carbons (Fsp3) is 0.286. The Labute approximate surface area is 105 Å². The fourth-order valence-electron chi connectivity index (χ4n) is 1.66. The van der Waals surface area contributed by atoms with Gasteiger partial charge >= 0.3 is 0 Å². The summed E-state index contributed by atoms with van der Waals surface area (Å²) in [6, 6.07) is 6.38. The first-order valence-corrected chi connectivity index (χ1v) is 5.23. The Kier molecular flexibility index (Phi) is 6.59. The predicted molar refractivity (Wildman–Crippen MR) is 75.8 cm³/mol. The van der Waals surface area contributed by atoms with Gasteiger partial charge in [0, 0.05) is 18.8 Å². The molecule has 16 heavy (non-hydrogen) atoms. The second kappa shape index (κ2) is 7.13. The summed E-state index contributed by atoms with van der Waals surface area (Å²) >= 11 is 0. The molecule has 0 radical (unpaired) electrons. The van der Waals surface area contributed by atoms with Crippen molar-refractivity contribution in [2.75, 3.05) is 18.0 Å². The lowest BCUT2D eigenvalue weighted by Crippen LogP contribution is -2.24. The molecule has 1 rings (SSSR count). The molecule has 0 heterocycles. The molecule has 0 saturated heterocycles. The number of anilines is 1. The Morgan fingerprint density at radius 3 is 2.19 bits per heavy atom. The third-order valence-electron chi connectivity index (χ3n) is 2.62. The maximum atomic E-state index is 3.78. The second-order valence-corrected chi connectivity index (χ2v) is 3.70. The molecule has 0 aliphatic carbocycles. The lowest BCUT2D eigenvalue weighted by Gasteiger charge is -2.24. The van der Waals surface area contributed by atoms with Crippen LogP contribution in [0.3, 0.4) is 0 Å². The van der Waals surface area contributed by atoms with Crippen LogP contribution in [-0.4, -0.2) is 13.1 Å². The van der Waals surface area contributed by atoms with Crippen molar-refractivity contribution in [1.82, 2.24) is 0 Å². The zero-order valence-electron chi connectivity index (χ0n) is 10.1. The van der Waals surface area contributed by atoms with Crippen molar-refractivity contribution in [2.45, 2.75) is 13.8 Å². The minimum Gasteiger partial charge on any atom is -0.364 e. The largest absolute Gasteiger partial charge is 0.364 e. The van der Waals surface area contributed by atoms with Crippen molar-refractivity contribution in [2.24, 2.45) is 0 Å². The zero-order chi connectivity index (χ0) is 11.3. The van der Waals surface area contributed by atoms with E-state index in [-0.39, 0.29) is 12.4 Å². The molecule has 0 aromatic heterocycles. The van der Waals surface area contributed by atoms with Crippen LogP contribution in [0.1, 0.15) is 11.1 Å². The molecule has 0 bridgehead atoms. The van der Waals surface area contributed by atoms with Gasteiger partial charge in [0.05, 0.1) is 0 Å². The Bertz CT molecular complexity index is 348. The van der Waals surface area contributed by atoms with E-state index in [0.29, 0.717) is 0 Å². The van der Waals surface area contributed by atoms with E-state index in [1.165, 1.54) is 16.8 Å². The molecular formula is C14H20ClN. The van der Waals surface area contributed by atoms with Crippen LogP contribution in [-0.2, 0) is 0 Å². The Morgan fingerprint density at radius 1 is 1.12 bits per heavy atom. The van der Waals surface area contributed by atoms with Gasteiger partial charge in [0.15, 0.2) is 0 Å². The number of benzene rings is 1. The predicted octanol–water partition coefficient (Wildman–Crippen LogP) is 3.90. The highest BCUT2D eigenvalue weighted by molar-refractivity contribution is 5.85. The molecule has 0 unspecified atom stereocenters. The van der Waals surface area contributed by atoms with E-state index in [1.54, 1.807) is 0 Å². The van der Waals surface area contributed by atoms with E-state index in [1.807, 2.05) is 12.2 Å². The quantitative estimate of drug-likeness (QED) is 0.702. The monoisotopic (exact) mass is 237 g/mol. The molecule has 0 fully saturated rings. The SMILES string of the molecule is C=CCN(CC=C)c1cccc(C)c1C.Cl. The average Bonchev–Trinajstić information content (AvgIpc) is 2.22. The van der Waals surface area contributed by atoms with Gasteiger partial charge in [-0.1, -0.05) is 24.3 Å². The van der Waals surface area contributed by atoms with Gasteiger partial charge in [-0.25, -0.2) is 0 Å². The Hall–Kier alpha value is -1.21. The zero-order valence-corrected chi connectivity index (χ0v) is 10.9. The molecular weight excluding hydrogens is 218 g/mol. The van der Waals surface area contributed by atoms with E-state index in [4.69, 9.17) is 0 Å². The highest BCUT2D eigenvalue weighted by Gasteiger charge is 2.06. The van der Waals surface area contributed by atoms with Crippen LogP contribution in [0.5, 0.6) is 0 Å². The van der Waals surface area contributed by atoms with Gasteiger partial charge in [-0.2, -0.15) is 0 Å². The van der Waals surface area contributed by atoms with Crippen LogP contribution < -0.4 is 4.90 Å². The van der Waals surface area contributed by atoms with Gasteiger partial charge in [-0.15, -0.1) is 25.6 Å². The number of hydrogen-bond acceptors (Lipinski definition) is 1. The smallest absolute Gasteiger partial charge is 0.0404 e. The number of halogens is 1. The van der Waals surface area contributed by atoms with Gasteiger partial charge in [0.1, 0.15) is 0 Å². The number of aryl methyl sites for hydroxylation is 1. The number of hydrogen-bond donors (Lipinski definition) is 0. The molecule has 0 aliphatic heterocycles. The number of rotatable bonds is 5. The lowest BCUT2D eigenvalue weighted by molar-refractivity contribution is 0.947. The summed E-state index contributed by atoms with van der Waals surface area (Å²) in [5, 5.41) is 0. The minimum absolute atomic E-state index is 0. The Morgan fingerprint density at radius 2 is 1.69 bits per heavy atom. The van der Waals surface area contributed by atoms with Crippen LogP contribution in [0.2, 0.25) is 0 Å². The van der Waals surface area contributed by atoms with Gasteiger partial charge < -0.3 is 4.90 Å². The van der Waals surface area contributed by atoms with Crippen LogP contribution in [0.25, 0.3) is 0 Å². The van der Waals surface area contributed by atoms with Crippen molar-refractivity contribution < 1.29 is 0 Å². The average molecular weight is 238 g/mol. The van der Waals surface area contributed by atoms with E-state index in [9.17, 15) is 0 Å². The maximum absolute atomic E-state index is 3.78. The third-order valence-corrected chi connectivity index (χ3v) is 2.62. The van der Waals surface area contributed by atoms with E-state index >= 15 is 0 Å². The summed E-state index contributed by atoms with van der Waals surface area (Å²) in [4.78, 5) is 2.27. The summed E-state index contributed by atoms with van der Waals surface area (Å²) in [5.41, 5.74) is 3.93. The van der Waals surface area contributed by atoms with Crippen LogP contribution in [0.4, 0.5) is 5.69 Å². The molecule has 0 amide bonds. The highest BCUT2D eigenvalue weighted by atomic mass is 35.5. The maximum Gasteiger partial charge on any atom is 0.0404 e. The second-order valence-electron chi connectivity index (χ2n) is 3.70. The topological polar surface area (TPSA) is 3.24 Å². The van der Waals surface area contributed by atoms with Gasteiger partial charge in [0.2, 0.25) is 0 Å². The molecule has 2 heteroatoms. The van der Waals surface area contributed by atoms with E-state index in [2.05, 4.69) is 50.1 Å². The van der Waals surface area contributed by atoms with Crippen molar-refractivity contribution in [3.05, 3.63) is 54.6 Å². The lowest BCUT2D eigenvalue weighted by atomic mass is 10.1. The molecule has 0 N–H and O–H groups in total. The fourth-order valence-corrected chi connectivity index (χ4v) is 1.66. The summed E-state index contributed by atoms with van der Waals surface area (Å²) in [6.07, 6.45) is 3.84. The standard InChI is InChI=1S/C14H19N.ClH/c1-5-10-15(11-6-2)14-9-7-8-12(3)13(14)4;/h5-9H,1-2,10-11H2,3-4H3;1H. The van der Waals surface area contributed by atoms with E-state index in [0.717, 1.165) is 13.1 Å². The first kappa shape index (κ1) is 14.8. The summed E-state index contributed by atoms with van der Waals surface area (Å²) in [5.74, 6) is 0. The van der Waals surface area contributed by atoms with Crippen molar-refractivity contribution >= 4 is 18.1 Å². The number of nitrogens with zero attached hydrogens (tertiary/aromatic N) is 1. The molecule has 0 spiro atoms. The van der Waals surface area contributed by atoms with Gasteiger partial charge in [-0.3, -0.25) is 0 Å². The van der Waals surface area contributed by atoms with Crippen molar-refractivity contribution in [3.8, 4) is 0 Å². The first-order valence-electron chi connectivity index (χ1n) is 5.23.